The Morgan fingerprint density at radius 2 is 2.55 bits per heavy atom. The van der Waals surface area contributed by atoms with Crippen LogP contribution in [0.2, 0.25) is 0 Å². The van der Waals surface area contributed by atoms with Crippen molar-refractivity contribution in [2.24, 2.45) is 0 Å². The monoisotopic (exact) mass is 155 g/mol. The standard InChI is InChI=1S/C7H10FN3/c8-5-2-1-3-11-6(5)4-10-7(11)9/h4-5H,1-3H2,(H2,9,10). The molecule has 0 bridgehead atoms. The van der Waals surface area contributed by atoms with Crippen molar-refractivity contribution in [1.29, 1.82) is 0 Å². The molecule has 0 aliphatic carbocycles. The van der Waals surface area contributed by atoms with E-state index >= 15 is 0 Å². The van der Waals surface area contributed by atoms with Crippen molar-refractivity contribution in [3.63, 3.8) is 0 Å². The Balaban J connectivity index is 2.46. The van der Waals surface area contributed by atoms with Gasteiger partial charge in [0.2, 0.25) is 0 Å². The predicted octanol–water partition coefficient (Wildman–Crippen LogP) is 1.27. The van der Waals surface area contributed by atoms with E-state index in [0.29, 0.717) is 18.1 Å². The van der Waals surface area contributed by atoms with Crippen LogP contribution in [-0.2, 0) is 6.54 Å². The minimum absolute atomic E-state index is 0.433. The molecule has 2 rings (SSSR count). The first-order valence-corrected chi connectivity index (χ1v) is 3.74. The number of imidazole rings is 1. The number of hydrogen-bond acceptors (Lipinski definition) is 2. The Kier molecular flexibility index (Phi) is 1.34. The second-order valence-corrected chi connectivity index (χ2v) is 2.80. The zero-order chi connectivity index (χ0) is 7.84. The molecule has 3 nitrogen and oxygen atoms in total. The van der Waals surface area contributed by atoms with Gasteiger partial charge in [-0.3, -0.25) is 0 Å². The summed E-state index contributed by atoms with van der Waals surface area (Å²) in [6.45, 7) is 0.807. The van der Waals surface area contributed by atoms with E-state index in [1.54, 1.807) is 4.57 Å². The van der Waals surface area contributed by atoms with Gasteiger partial charge in [0.25, 0.3) is 0 Å². The number of nitrogens with two attached hydrogens (primary N) is 1. The molecule has 1 aromatic rings. The third-order valence-corrected chi connectivity index (χ3v) is 2.08. The molecular formula is C7H10FN3. The van der Waals surface area contributed by atoms with Crippen LogP contribution in [0.4, 0.5) is 10.3 Å². The maximum Gasteiger partial charge on any atom is 0.200 e. The SMILES string of the molecule is Nc1ncc2n1CCCC2F. The van der Waals surface area contributed by atoms with E-state index in [4.69, 9.17) is 5.73 Å². The molecule has 2 heterocycles. The van der Waals surface area contributed by atoms with Gasteiger partial charge in [0, 0.05) is 6.54 Å². The van der Waals surface area contributed by atoms with Crippen LogP contribution in [0.25, 0.3) is 0 Å². The number of hydrogen-bond donors (Lipinski definition) is 1. The number of nitrogens with zero attached hydrogens (tertiary/aromatic N) is 2. The van der Waals surface area contributed by atoms with Gasteiger partial charge in [0.1, 0.15) is 6.17 Å². The average Bonchev–Trinajstić information content (AvgIpc) is 2.35. The van der Waals surface area contributed by atoms with Crippen molar-refractivity contribution in [2.45, 2.75) is 25.6 Å². The Bertz CT molecular complexity index is 269. The first-order valence-electron chi connectivity index (χ1n) is 3.74. The van der Waals surface area contributed by atoms with E-state index in [0.717, 1.165) is 13.0 Å². The van der Waals surface area contributed by atoms with Gasteiger partial charge in [-0.05, 0) is 12.8 Å². The fourth-order valence-corrected chi connectivity index (χ4v) is 1.47. The molecule has 0 fully saturated rings. The van der Waals surface area contributed by atoms with Gasteiger partial charge in [-0.1, -0.05) is 0 Å². The highest BCUT2D eigenvalue weighted by atomic mass is 19.1. The molecule has 2 N–H and O–H groups in total. The highest BCUT2D eigenvalue weighted by Gasteiger charge is 2.21. The summed E-state index contributed by atoms with van der Waals surface area (Å²) in [7, 11) is 0. The molecule has 4 heteroatoms. The van der Waals surface area contributed by atoms with E-state index in [-0.39, 0.29) is 0 Å². The highest BCUT2D eigenvalue weighted by molar-refractivity contribution is 5.24. The smallest absolute Gasteiger partial charge is 0.200 e. The lowest BCUT2D eigenvalue weighted by atomic mass is 10.1. The highest BCUT2D eigenvalue weighted by Crippen LogP contribution is 2.29. The largest absolute Gasteiger partial charge is 0.369 e. The fourth-order valence-electron chi connectivity index (χ4n) is 1.47. The van der Waals surface area contributed by atoms with E-state index in [9.17, 15) is 4.39 Å². The lowest BCUT2D eigenvalue weighted by Gasteiger charge is -2.18. The minimum atomic E-state index is -0.867. The molecule has 0 radical (unpaired) electrons. The van der Waals surface area contributed by atoms with Crippen LogP contribution >= 0.6 is 0 Å². The normalized spacial score (nSPS) is 23.2. The topological polar surface area (TPSA) is 43.8 Å². The minimum Gasteiger partial charge on any atom is -0.369 e. The van der Waals surface area contributed by atoms with Gasteiger partial charge < -0.3 is 10.3 Å². The summed E-state index contributed by atoms with van der Waals surface area (Å²) in [6, 6.07) is 0. The Labute approximate surface area is 64.0 Å². The molecule has 60 valence electrons. The summed E-state index contributed by atoms with van der Waals surface area (Å²) in [6.07, 6.45) is 2.12. The predicted molar refractivity (Wildman–Crippen MR) is 39.7 cm³/mol. The first kappa shape index (κ1) is 6.64. The molecule has 11 heavy (non-hydrogen) atoms. The second kappa shape index (κ2) is 2.22. The van der Waals surface area contributed by atoms with Gasteiger partial charge in [-0.15, -0.1) is 0 Å². The van der Waals surface area contributed by atoms with E-state index in [1.165, 1.54) is 6.20 Å². The molecule has 0 saturated carbocycles. The molecule has 0 aromatic carbocycles. The summed E-state index contributed by atoms with van der Waals surface area (Å²) in [5.74, 6) is 0.433. The van der Waals surface area contributed by atoms with Crippen LogP contribution in [0.5, 0.6) is 0 Å². The fraction of sp³-hybridized carbons (Fsp3) is 0.571. The van der Waals surface area contributed by atoms with Crippen molar-refractivity contribution in [1.82, 2.24) is 9.55 Å². The van der Waals surface area contributed by atoms with Crippen molar-refractivity contribution >= 4 is 5.95 Å². The van der Waals surface area contributed by atoms with Crippen LogP contribution in [-0.4, -0.2) is 9.55 Å². The van der Waals surface area contributed by atoms with E-state index < -0.39 is 6.17 Å². The molecule has 1 aliphatic heterocycles. The number of halogens is 1. The maximum atomic E-state index is 13.1. The molecule has 0 amide bonds. The quantitative estimate of drug-likeness (QED) is 0.613. The van der Waals surface area contributed by atoms with Crippen LogP contribution in [0.3, 0.4) is 0 Å². The molecule has 1 unspecified atom stereocenters. The number of fused-ring (bicyclic) bond motifs is 1. The number of anilines is 1. The number of aromatic nitrogens is 2. The lowest BCUT2D eigenvalue weighted by Crippen LogP contribution is -2.14. The third-order valence-electron chi connectivity index (χ3n) is 2.08. The molecule has 0 saturated heterocycles. The van der Waals surface area contributed by atoms with Crippen LogP contribution in [0.15, 0.2) is 6.20 Å². The summed E-state index contributed by atoms with van der Waals surface area (Å²) >= 11 is 0. The number of alkyl halides is 1. The van der Waals surface area contributed by atoms with Crippen molar-refractivity contribution in [3.05, 3.63) is 11.9 Å². The molecule has 1 aromatic heterocycles. The molecule has 0 spiro atoms. The van der Waals surface area contributed by atoms with Gasteiger partial charge in [-0.2, -0.15) is 0 Å². The van der Waals surface area contributed by atoms with Gasteiger partial charge in [-0.25, -0.2) is 9.37 Å². The van der Waals surface area contributed by atoms with Crippen molar-refractivity contribution in [2.75, 3.05) is 5.73 Å². The third kappa shape index (κ3) is 0.895. The van der Waals surface area contributed by atoms with Crippen molar-refractivity contribution < 1.29 is 4.39 Å². The van der Waals surface area contributed by atoms with Gasteiger partial charge >= 0.3 is 0 Å². The van der Waals surface area contributed by atoms with Gasteiger partial charge in [0.15, 0.2) is 5.95 Å². The van der Waals surface area contributed by atoms with Crippen molar-refractivity contribution in [3.8, 4) is 0 Å². The molecule has 1 atom stereocenters. The Hall–Kier alpha value is -1.06. The zero-order valence-electron chi connectivity index (χ0n) is 6.13. The summed E-state index contributed by atoms with van der Waals surface area (Å²) in [4.78, 5) is 3.85. The second-order valence-electron chi connectivity index (χ2n) is 2.80. The summed E-state index contributed by atoms with van der Waals surface area (Å²) in [5, 5.41) is 0. The van der Waals surface area contributed by atoms with Crippen LogP contribution < -0.4 is 5.73 Å². The average molecular weight is 155 g/mol. The van der Waals surface area contributed by atoms with E-state index in [1.807, 2.05) is 0 Å². The summed E-state index contributed by atoms with van der Waals surface area (Å²) in [5.41, 5.74) is 6.14. The zero-order valence-corrected chi connectivity index (χ0v) is 6.13. The molecular weight excluding hydrogens is 145 g/mol. The number of nitrogen functional groups attached to an aromatic ring is 1. The van der Waals surface area contributed by atoms with Gasteiger partial charge in [0.05, 0.1) is 11.9 Å². The molecule has 1 aliphatic rings. The lowest BCUT2D eigenvalue weighted by molar-refractivity contribution is 0.270. The Morgan fingerprint density at radius 3 is 3.27 bits per heavy atom. The Morgan fingerprint density at radius 1 is 1.73 bits per heavy atom. The number of rotatable bonds is 0. The summed E-state index contributed by atoms with van der Waals surface area (Å²) < 4.78 is 14.8. The van der Waals surface area contributed by atoms with Crippen LogP contribution in [0, 0.1) is 0 Å². The van der Waals surface area contributed by atoms with Crippen LogP contribution in [0.1, 0.15) is 24.7 Å². The maximum absolute atomic E-state index is 13.1. The first-order chi connectivity index (χ1) is 5.29. The van der Waals surface area contributed by atoms with E-state index in [2.05, 4.69) is 4.98 Å².